The number of rotatable bonds is 4. The van der Waals surface area contributed by atoms with Crippen molar-refractivity contribution in [2.45, 2.75) is 51.4 Å². The summed E-state index contributed by atoms with van der Waals surface area (Å²) in [5, 5.41) is 5.73. The van der Waals surface area contributed by atoms with Gasteiger partial charge in [0.1, 0.15) is 6.04 Å². The van der Waals surface area contributed by atoms with E-state index in [1.165, 1.54) is 0 Å². The molecule has 3 saturated heterocycles. The van der Waals surface area contributed by atoms with Crippen LogP contribution in [0.4, 0.5) is 5.69 Å². The number of carbonyl (C=O) groups is 3. The molecule has 4 heterocycles. The number of carbonyl (C=O) groups excluding carboxylic acids is 3. The Bertz CT molecular complexity index is 909. The van der Waals surface area contributed by atoms with Crippen LogP contribution in [0.15, 0.2) is 18.2 Å². The Morgan fingerprint density at radius 1 is 1.06 bits per heavy atom. The van der Waals surface area contributed by atoms with E-state index >= 15 is 0 Å². The fourth-order valence-electron chi connectivity index (χ4n) is 5.46. The maximum atomic E-state index is 12.9. The molecule has 0 aliphatic carbocycles. The third-order valence-corrected chi connectivity index (χ3v) is 7.31. The molecule has 1 aromatic carbocycles. The molecule has 8 nitrogen and oxygen atoms in total. The van der Waals surface area contributed by atoms with E-state index < -0.39 is 6.04 Å². The number of fused-ring (bicyclic) bond motifs is 1. The van der Waals surface area contributed by atoms with Gasteiger partial charge in [-0.1, -0.05) is 0 Å². The molecule has 0 saturated carbocycles. The minimum atomic E-state index is -0.564. The van der Waals surface area contributed by atoms with E-state index in [1.54, 1.807) is 4.90 Å². The van der Waals surface area contributed by atoms with Crippen LogP contribution >= 0.6 is 12.4 Å². The summed E-state index contributed by atoms with van der Waals surface area (Å²) in [5.74, 6) is 0.0270. The van der Waals surface area contributed by atoms with E-state index in [2.05, 4.69) is 40.3 Å². The van der Waals surface area contributed by atoms with Gasteiger partial charge in [0, 0.05) is 69.0 Å². The second-order valence-electron chi connectivity index (χ2n) is 9.57. The Morgan fingerprint density at radius 3 is 2.41 bits per heavy atom. The zero-order chi connectivity index (χ0) is 21.7. The minimum Gasteiger partial charge on any atom is -0.368 e. The SMILES string of the molecule is CC1CN(c2ccc3c(c2)CN(C2CCC(=O)NC2=O)C3=O)CC(C)N1CC1CNC1.Cl. The smallest absolute Gasteiger partial charge is 0.255 e. The van der Waals surface area contributed by atoms with Crippen molar-refractivity contribution in [3.05, 3.63) is 29.3 Å². The monoisotopic (exact) mass is 461 g/mol. The number of piperazine rings is 1. The molecule has 3 amide bonds. The predicted octanol–water partition coefficient (Wildman–Crippen LogP) is 0.988. The summed E-state index contributed by atoms with van der Waals surface area (Å²) in [6, 6.07) is 6.43. The number of halogens is 1. The molecule has 4 aliphatic rings. The number of hydrogen-bond acceptors (Lipinski definition) is 6. The molecule has 0 bridgehead atoms. The highest BCUT2D eigenvalue weighted by atomic mass is 35.5. The molecule has 0 aromatic heterocycles. The summed E-state index contributed by atoms with van der Waals surface area (Å²) < 4.78 is 0. The van der Waals surface area contributed by atoms with Gasteiger partial charge in [0.2, 0.25) is 11.8 Å². The molecule has 5 rings (SSSR count). The highest BCUT2D eigenvalue weighted by molar-refractivity contribution is 6.05. The fourth-order valence-corrected chi connectivity index (χ4v) is 5.46. The number of hydrogen-bond donors (Lipinski definition) is 2. The van der Waals surface area contributed by atoms with Crippen LogP contribution in [-0.2, 0) is 16.1 Å². The van der Waals surface area contributed by atoms with Crippen LogP contribution in [0.3, 0.4) is 0 Å². The van der Waals surface area contributed by atoms with Crippen molar-refractivity contribution in [3.8, 4) is 0 Å². The Kier molecular flexibility index (Phi) is 6.47. The molecule has 4 aliphatic heterocycles. The van der Waals surface area contributed by atoms with Crippen LogP contribution < -0.4 is 15.5 Å². The summed E-state index contributed by atoms with van der Waals surface area (Å²) >= 11 is 0. The number of nitrogens with one attached hydrogen (secondary N) is 2. The van der Waals surface area contributed by atoms with Crippen LogP contribution in [0, 0.1) is 5.92 Å². The molecule has 9 heteroatoms. The van der Waals surface area contributed by atoms with E-state index in [1.807, 2.05) is 12.1 Å². The Labute approximate surface area is 195 Å². The second kappa shape index (κ2) is 9.00. The van der Waals surface area contributed by atoms with Crippen molar-refractivity contribution in [3.63, 3.8) is 0 Å². The molecule has 0 spiro atoms. The lowest BCUT2D eigenvalue weighted by Crippen LogP contribution is -2.60. The van der Waals surface area contributed by atoms with Crippen LogP contribution in [0.1, 0.15) is 42.6 Å². The van der Waals surface area contributed by atoms with Gasteiger partial charge >= 0.3 is 0 Å². The summed E-state index contributed by atoms with van der Waals surface area (Å²) in [7, 11) is 0. The third-order valence-electron chi connectivity index (χ3n) is 7.31. The summed E-state index contributed by atoms with van der Waals surface area (Å²) in [4.78, 5) is 43.3. The summed E-state index contributed by atoms with van der Waals surface area (Å²) in [5.41, 5.74) is 2.78. The zero-order valence-corrected chi connectivity index (χ0v) is 19.5. The van der Waals surface area contributed by atoms with Crippen molar-refractivity contribution in [1.82, 2.24) is 20.4 Å². The Balaban J connectivity index is 0.00000245. The van der Waals surface area contributed by atoms with Gasteiger partial charge in [-0.3, -0.25) is 24.6 Å². The molecule has 0 radical (unpaired) electrons. The van der Waals surface area contributed by atoms with Crippen LogP contribution in [0.25, 0.3) is 0 Å². The topological polar surface area (TPSA) is 85.0 Å². The van der Waals surface area contributed by atoms with Crippen molar-refractivity contribution < 1.29 is 14.4 Å². The van der Waals surface area contributed by atoms with Gasteiger partial charge in [-0.2, -0.15) is 0 Å². The number of nitrogens with zero attached hydrogens (tertiary/aromatic N) is 3. The minimum absolute atomic E-state index is 0. The average molecular weight is 462 g/mol. The molecule has 3 fully saturated rings. The Hall–Kier alpha value is -2.16. The molecule has 3 unspecified atom stereocenters. The number of benzene rings is 1. The second-order valence-corrected chi connectivity index (χ2v) is 9.57. The van der Waals surface area contributed by atoms with Gasteiger partial charge in [0.25, 0.3) is 5.91 Å². The number of amides is 3. The van der Waals surface area contributed by atoms with Gasteiger partial charge in [-0.15, -0.1) is 12.4 Å². The molecule has 32 heavy (non-hydrogen) atoms. The lowest BCUT2D eigenvalue weighted by molar-refractivity contribution is -0.136. The van der Waals surface area contributed by atoms with E-state index in [4.69, 9.17) is 0 Å². The van der Waals surface area contributed by atoms with Crippen LogP contribution in [0.5, 0.6) is 0 Å². The van der Waals surface area contributed by atoms with Gasteiger partial charge in [0.05, 0.1) is 0 Å². The largest absolute Gasteiger partial charge is 0.368 e. The number of imide groups is 1. The van der Waals surface area contributed by atoms with E-state index in [9.17, 15) is 14.4 Å². The average Bonchev–Trinajstić information content (AvgIpc) is 3.01. The first-order valence-corrected chi connectivity index (χ1v) is 11.4. The predicted molar refractivity (Wildman–Crippen MR) is 124 cm³/mol. The Morgan fingerprint density at radius 2 is 1.78 bits per heavy atom. The van der Waals surface area contributed by atoms with Crippen molar-refractivity contribution >= 4 is 35.8 Å². The van der Waals surface area contributed by atoms with Crippen LogP contribution in [0.2, 0.25) is 0 Å². The maximum absolute atomic E-state index is 12.9. The fraction of sp³-hybridized carbons (Fsp3) is 0.609. The van der Waals surface area contributed by atoms with Gasteiger partial charge in [-0.05, 0) is 49.9 Å². The summed E-state index contributed by atoms with van der Waals surface area (Å²) in [6.45, 7) is 10.4. The van der Waals surface area contributed by atoms with Crippen molar-refractivity contribution in [2.24, 2.45) is 5.92 Å². The number of anilines is 1. The van der Waals surface area contributed by atoms with E-state index in [0.717, 1.165) is 49.9 Å². The van der Waals surface area contributed by atoms with E-state index in [0.29, 0.717) is 30.6 Å². The first-order valence-electron chi connectivity index (χ1n) is 11.4. The first-order chi connectivity index (χ1) is 14.9. The highest BCUT2D eigenvalue weighted by Crippen LogP contribution is 2.32. The molecule has 1 aromatic rings. The van der Waals surface area contributed by atoms with Crippen LogP contribution in [-0.4, -0.2) is 78.4 Å². The highest BCUT2D eigenvalue weighted by Gasteiger charge is 2.39. The van der Waals surface area contributed by atoms with Gasteiger partial charge in [-0.25, -0.2) is 0 Å². The van der Waals surface area contributed by atoms with Crippen molar-refractivity contribution in [2.75, 3.05) is 37.6 Å². The molecule has 2 N–H and O–H groups in total. The standard InChI is InChI=1S/C23H31N5O3.ClH/c1-14-10-26(11-15(2)27(14)12-16-8-24-9-16)18-3-4-19-17(7-18)13-28(23(19)31)20-5-6-21(29)25-22(20)30;/h3-4,7,14-16,20,24H,5-6,8-13H2,1-2H3,(H,25,29,30);1H. The van der Waals surface area contributed by atoms with Crippen molar-refractivity contribution in [1.29, 1.82) is 0 Å². The van der Waals surface area contributed by atoms with E-state index in [-0.39, 0.29) is 36.5 Å². The lowest BCUT2D eigenvalue weighted by atomic mass is 9.98. The molecular formula is C23H32ClN5O3. The number of piperidine rings is 1. The van der Waals surface area contributed by atoms with Gasteiger partial charge < -0.3 is 15.1 Å². The summed E-state index contributed by atoms with van der Waals surface area (Å²) in [6.07, 6.45) is 0.670. The maximum Gasteiger partial charge on any atom is 0.255 e. The molecular weight excluding hydrogens is 430 g/mol. The van der Waals surface area contributed by atoms with Gasteiger partial charge in [0.15, 0.2) is 0 Å². The molecule has 174 valence electrons. The normalized spacial score (nSPS) is 28.8. The zero-order valence-electron chi connectivity index (χ0n) is 18.7. The third kappa shape index (κ3) is 4.11. The lowest BCUT2D eigenvalue weighted by Gasteiger charge is -2.47. The quantitative estimate of drug-likeness (QED) is 0.650. The first kappa shape index (κ1) is 23.0. The molecule has 3 atom stereocenters.